The van der Waals surface area contributed by atoms with E-state index in [1.165, 1.54) is 9.75 Å². The molecule has 3 heterocycles. The predicted molar refractivity (Wildman–Crippen MR) is 118 cm³/mol. The highest BCUT2D eigenvalue weighted by atomic mass is 32.2. The molecule has 154 valence electrons. The molecule has 5 rings (SSSR count). The molecule has 0 saturated carbocycles. The summed E-state index contributed by atoms with van der Waals surface area (Å²) in [5.41, 5.74) is 2.18. The van der Waals surface area contributed by atoms with Gasteiger partial charge in [0.25, 0.3) is 0 Å². The average molecular weight is 430 g/mol. The van der Waals surface area contributed by atoms with Gasteiger partial charge in [0.1, 0.15) is 0 Å². The number of likely N-dealkylation sites (N-methyl/N-ethyl adjacent to an activating group) is 1. The van der Waals surface area contributed by atoms with Crippen molar-refractivity contribution in [3.63, 3.8) is 0 Å². The third kappa shape index (κ3) is 3.34. The molecule has 1 saturated heterocycles. The summed E-state index contributed by atoms with van der Waals surface area (Å²) in [6, 6.07) is 10.3. The molecule has 1 N–H and O–H groups in total. The Hall–Kier alpha value is -1.67. The second kappa shape index (κ2) is 7.23. The Morgan fingerprint density at radius 2 is 1.90 bits per heavy atom. The van der Waals surface area contributed by atoms with E-state index in [9.17, 15) is 8.42 Å². The van der Waals surface area contributed by atoms with Crippen LogP contribution in [0.3, 0.4) is 0 Å². The number of thiophene rings is 1. The standard InChI is InChI=1S/C22H27N3O2S2/c1-15-6-9-21(28-15)22-18-5-3-4-17(18)19-14-16(7-8-20(19)23-22)29(26,27)25-12-10-24(2)11-13-25/h3-4,6-9,14,17-18,22-23H,5,10-13H2,1-2H3. The first-order valence-electron chi connectivity index (χ1n) is 10.3. The summed E-state index contributed by atoms with van der Waals surface area (Å²) in [4.78, 5) is 5.28. The van der Waals surface area contributed by atoms with Crippen LogP contribution < -0.4 is 5.32 Å². The number of aryl methyl sites for hydroxylation is 1. The van der Waals surface area contributed by atoms with Crippen LogP contribution in [0.1, 0.15) is 33.7 Å². The average Bonchev–Trinajstić information content (AvgIpc) is 3.36. The summed E-state index contributed by atoms with van der Waals surface area (Å²) in [6.45, 7) is 4.81. The zero-order valence-electron chi connectivity index (χ0n) is 16.8. The Labute approximate surface area is 177 Å². The minimum atomic E-state index is -3.45. The first kappa shape index (κ1) is 19.3. The SMILES string of the molecule is Cc1ccc(C2Nc3ccc(S(=O)(=O)N4CCN(C)CC4)cc3C3C=CCC32)s1. The molecule has 1 aliphatic carbocycles. The van der Waals surface area contributed by atoms with Crippen molar-refractivity contribution < 1.29 is 8.42 Å². The first-order chi connectivity index (χ1) is 13.9. The number of anilines is 1. The van der Waals surface area contributed by atoms with Gasteiger partial charge in [0.2, 0.25) is 10.0 Å². The molecule has 7 heteroatoms. The molecule has 2 aromatic rings. The second-order valence-electron chi connectivity index (χ2n) is 8.38. The number of sulfonamides is 1. The lowest BCUT2D eigenvalue weighted by molar-refractivity contribution is 0.222. The molecule has 0 amide bonds. The minimum absolute atomic E-state index is 0.265. The molecular formula is C22H27N3O2S2. The van der Waals surface area contributed by atoms with E-state index in [-0.39, 0.29) is 12.0 Å². The van der Waals surface area contributed by atoms with Crippen LogP contribution in [0.25, 0.3) is 0 Å². The number of allylic oxidation sites excluding steroid dienone is 2. The first-order valence-corrected chi connectivity index (χ1v) is 12.5. The maximum Gasteiger partial charge on any atom is 0.243 e. The van der Waals surface area contributed by atoms with Crippen LogP contribution in [0, 0.1) is 12.8 Å². The number of nitrogens with one attached hydrogen (secondary N) is 1. The molecule has 3 aliphatic rings. The quantitative estimate of drug-likeness (QED) is 0.754. The van der Waals surface area contributed by atoms with Crippen LogP contribution in [0.4, 0.5) is 5.69 Å². The van der Waals surface area contributed by atoms with Gasteiger partial charge in [-0.05, 0) is 62.2 Å². The summed E-state index contributed by atoms with van der Waals surface area (Å²) >= 11 is 1.85. The van der Waals surface area contributed by atoms with Crippen molar-refractivity contribution in [1.29, 1.82) is 0 Å². The van der Waals surface area contributed by atoms with Gasteiger partial charge in [-0.1, -0.05) is 12.2 Å². The highest BCUT2D eigenvalue weighted by molar-refractivity contribution is 7.89. The van der Waals surface area contributed by atoms with Gasteiger partial charge < -0.3 is 10.2 Å². The van der Waals surface area contributed by atoms with Crippen LogP contribution in [0.2, 0.25) is 0 Å². The van der Waals surface area contributed by atoms with Crippen molar-refractivity contribution in [1.82, 2.24) is 9.21 Å². The van der Waals surface area contributed by atoms with Crippen molar-refractivity contribution in [3.8, 4) is 0 Å². The number of hydrogen-bond acceptors (Lipinski definition) is 5. The lowest BCUT2D eigenvalue weighted by Crippen LogP contribution is -2.47. The molecule has 1 aromatic carbocycles. The van der Waals surface area contributed by atoms with Crippen LogP contribution in [-0.4, -0.2) is 50.8 Å². The summed E-state index contributed by atoms with van der Waals surface area (Å²) in [7, 11) is -1.42. The van der Waals surface area contributed by atoms with Gasteiger partial charge in [0.15, 0.2) is 0 Å². The topological polar surface area (TPSA) is 52.7 Å². The fraction of sp³-hybridized carbons (Fsp3) is 0.455. The van der Waals surface area contributed by atoms with Crippen LogP contribution >= 0.6 is 11.3 Å². The van der Waals surface area contributed by atoms with Crippen molar-refractivity contribution in [3.05, 3.63) is 57.8 Å². The van der Waals surface area contributed by atoms with E-state index >= 15 is 0 Å². The Bertz CT molecular complexity index is 1050. The van der Waals surface area contributed by atoms with E-state index in [1.807, 2.05) is 30.5 Å². The largest absolute Gasteiger partial charge is 0.377 e. The van der Waals surface area contributed by atoms with Gasteiger partial charge in [-0.15, -0.1) is 11.3 Å². The number of piperazine rings is 1. The second-order valence-corrected chi connectivity index (χ2v) is 11.6. The van der Waals surface area contributed by atoms with Gasteiger partial charge in [-0.25, -0.2) is 8.42 Å². The molecule has 0 radical (unpaired) electrons. The Balaban J connectivity index is 1.49. The highest BCUT2D eigenvalue weighted by Gasteiger charge is 2.39. The highest BCUT2D eigenvalue weighted by Crippen LogP contribution is 2.51. The minimum Gasteiger partial charge on any atom is -0.377 e. The van der Waals surface area contributed by atoms with E-state index in [0.717, 1.165) is 30.8 Å². The molecule has 2 aliphatic heterocycles. The monoisotopic (exact) mass is 429 g/mol. The van der Waals surface area contributed by atoms with Gasteiger partial charge >= 0.3 is 0 Å². The molecule has 3 unspecified atom stereocenters. The van der Waals surface area contributed by atoms with Gasteiger partial charge in [-0.3, -0.25) is 0 Å². The molecule has 1 fully saturated rings. The van der Waals surface area contributed by atoms with E-state index in [1.54, 1.807) is 10.4 Å². The zero-order chi connectivity index (χ0) is 20.2. The van der Waals surface area contributed by atoms with E-state index in [2.05, 4.69) is 41.4 Å². The predicted octanol–water partition coefficient (Wildman–Crippen LogP) is 3.82. The number of fused-ring (bicyclic) bond motifs is 3. The van der Waals surface area contributed by atoms with Crippen LogP contribution in [-0.2, 0) is 10.0 Å². The van der Waals surface area contributed by atoms with Crippen LogP contribution in [0.5, 0.6) is 0 Å². The summed E-state index contributed by atoms with van der Waals surface area (Å²) < 4.78 is 28.1. The Kier molecular flexibility index (Phi) is 4.81. The molecule has 5 nitrogen and oxygen atoms in total. The van der Waals surface area contributed by atoms with Crippen molar-refractivity contribution >= 4 is 27.0 Å². The van der Waals surface area contributed by atoms with E-state index in [0.29, 0.717) is 23.9 Å². The van der Waals surface area contributed by atoms with E-state index < -0.39 is 10.0 Å². The summed E-state index contributed by atoms with van der Waals surface area (Å²) in [5.74, 6) is 0.698. The molecule has 29 heavy (non-hydrogen) atoms. The number of nitrogens with zero attached hydrogens (tertiary/aromatic N) is 2. The third-order valence-electron chi connectivity index (χ3n) is 6.50. The maximum atomic E-state index is 13.2. The number of hydrogen-bond donors (Lipinski definition) is 1. The number of rotatable bonds is 3. The van der Waals surface area contributed by atoms with Crippen molar-refractivity contribution in [2.24, 2.45) is 5.92 Å². The fourth-order valence-corrected chi connectivity index (χ4v) is 7.28. The molecule has 1 aromatic heterocycles. The molecule has 3 atom stereocenters. The maximum absolute atomic E-state index is 13.2. The summed E-state index contributed by atoms with van der Waals surface area (Å²) in [5, 5.41) is 3.72. The van der Waals surface area contributed by atoms with Gasteiger partial charge in [0.05, 0.1) is 10.9 Å². The van der Waals surface area contributed by atoms with E-state index in [4.69, 9.17) is 0 Å². The Morgan fingerprint density at radius 1 is 1.10 bits per heavy atom. The molecule has 0 bridgehead atoms. The normalized spacial score (nSPS) is 27.4. The third-order valence-corrected chi connectivity index (χ3v) is 9.48. The van der Waals surface area contributed by atoms with Gasteiger partial charge in [0, 0.05) is 47.5 Å². The van der Waals surface area contributed by atoms with Gasteiger partial charge in [-0.2, -0.15) is 4.31 Å². The molecular weight excluding hydrogens is 402 g/mol. The van der Waals surface area contributed by atoms with Crippen molar-refractivity contribution in [2.45, 2.75) is 30.2 Å². The molecule has 0 spiro atoms. The smallest absolute Gasteiger partial charge is 0.243 e. The lowest BCUT2D eigenvalue weighted by atomic mass is 9.79. The lowest BCUT2D eigenvalue weighted by Gasteiger charge is -2.37. The zero-order valence-corrected chi connectivity index (χ0v) is 18.5. The summed E-state index contributed by atoms with van der Waals surface area (Å²) in [6.07, 6.45) is 5.54. The van der Waals surface area contributed by atoms with Crippen molar-refractivity contribution in [2.75, 3.05) is 38.5 Å². The van der Waals surface area contributed by atoms with Crippen LogP contribution in [0.15, 0.2) is 47.4 Å². The Morgan fingerprint density at radius 3 is 2.62 bits per heavy atom. The fourth-order valence-electron chi connectivity index (χ4n) is 4.81. The number of benzene rings is 1.